The van der Waals surface area contributed by atoms with E-state index in [1.807, 2.05) is 18.2 Å². The monoisotopic (exact) mass is 398 g/mol. The third kappa shape index (κ3) is 2.93. The van der Waals surface area contributed by atoms with Gasteiger partial charge < -0.3 is 4.57 Å². The quantitative estimate of drug-likeness (QED) is 0.530. The molecule has 0 unspecified atom stereocenters. The third-order valence-corrected chi connectivity index (χ3v) is 4.97. The Morgan fingerprint density at radius 2 is 1.79 bits per heavy atom. The van der Waals surface area contributed by atoms with Crippen LogP contribution in [0.5, 0.6) is 0 Å². The summed E-state index contributed by atoms with van der Waals surface area (Å²) in [6, 6.07) is 12.8. The Kier molecular flexibility index (Phi) is 4.60. The lowest BCUT2D eigenvalue weighted by atomic mass is 10.2. The topological polar surface area (TPSA) is 61.8 Å². The lowest BCUT2D eigenvalue weighted by molar-refractivity contribution is 0.626. The van der Waals surface area contributed by atoms with Gasteiger partial charge in [0.25, 0.3) is 5.56 Å². The van der Waals surface area contributed by atoms with Crippen molar-refractivity contribution in [3.63, 3.8) is 0 Å². The highest BCUT2D eigenvalue weighted by molar-refractivity contribution is 6.31. The van der Waals surface area contributed by atoms with Gasteiger partial charge in [0.05, 0.1) is 18.6 Å². The first-order valence-electron chi connectivity index (χ1n) is 8.71. The van der Waals surface area contributed by atoms with Crippen LogP contribution >= 0.6 is 11.6 Å². The molecule has 0 saturated carbocycles. The highest BCUT2D eigenvalue weighted by Crippen LogP contribution is 2.19. The molecule has 0 bridgehead atoms. The van der Waals surface area contributed by atoms with Gasteiger partial charge in [-0.15, -0.1) is 0 Å². The van der Waals surface area contributed by atoms with Gasteiger partial charge in [-0.2, -0.15) is 0 Å². The van der Waals surface area contributed by atoms with Crippen LogP contribution in [0.15, 0.2) is 64.4 Å². The average Bonchev–Trinajstić information content (AvgIpc) is 3.09. The van der Waals surface area contributed by atoms with E-state index in [9.17, 15) is 14.0 Å². The molecule has 0 saturated heterocycles. The fraction of sp³-hybridized carbons (Fsp3) is 0.150. The van der Waals surface area contributed by atoms with E-state index >= 15 is 0 Å². The molecule has 2 heterocycles. The molecule has 8 heteroatoms. The summed E-state index contributed by atoms with van der Waals surface area (Å²) < 4.78 is 17.5. The van der Waals surface area contributed by atoms with Crippen LogP contribution in [0.2, 0.25) is 5.02 Å². The van der Waals surface area contributed by atoms with Crippen LogP contribution in [0.25, 0.3) is 16.9 Å². The summed E-state index contributed by atoms with van der Waals surface area (Å²) in [4.78, 5) is 30.2. The molecule has 142 valence electrons. The second-order valence-corrected chi connectivity index (χ2v) is 6.69. The molecular weight excluding hydrogens is 383 g/mol. The van der Waals surface area contributed by atoms with Gasteiger partial charge >= 0.3 is 5.69 Å². The zero-order valence-electron chi connectivity index (χ0n) is 15.0. The third-order valence-electron chi connectivity index (χ3n) is 4.60. The summed E-state index contributed by atoms with van der Waals surface area (Å²) in [5.41, 5.74) is 0.816. The minimum atomic E-state index is -0.519. The average molecular weight is 399 g/mol. The van der Waals surface area contributed by atoms with Gasteiger partial charge in [0.2, 0.25) is 0 Å². The van der Waals surface area contributed by atoms with Crippen LogP contribution in [0.3, 0.4) is 0 Å². The van der Waals surface area contributed by atoms with Crippen molar-refractivity contribution in [2.75, 3.05) is 0 Å². The lowest BCUT2D eigenvalue weighted by Crippen LogP contribution is -2.39. The zero-order valence-corrected chi connectivity index (χ0v) is 15.7. The van der Waals surface area contributed by atoms with Crippen LogP contribution in [-0.4, -0.2) is 18.7 Å². The van der Waals surface area contributed by atoms with E-state index in [1.165, 1.54) is 35.2 Å². The van der Waals surface area contributed by atoms with Crippen molar-refractivity contribution in [2.24, 2.45) is 0 Å². The van der Waals surface area contributed by atoms with Gasteiger partial charge in [-0.1, -0.05) is 29.8 Å². The molecule has 0 aliphatic heterocycles. The number of aromatic nitrogens is 4. The van der Waals surface area contributed by atoms with Crippen LogP contribution in [0, 0.1) is 5.82 Å². The summed E-state index contributed by atoms with van der Waals surface area (Å²) in [5.74, 6) is -0.416. The molecule has 0 aliphatic carbocycles. The normalized spacial score (nSPS) is 11.2. The molecule has 0 amide bonds. The van der Waals surface area contributed by atoms with Crippen molar-refractivity contribution >= 4 is 22.8 Å². The second kappa shape index (κ2) is 7.09. The van der Waals surface area contributed by atoms with Crippen LogP contribution in [-0.2, 0) is 13.1 Å². The maximum absolute atomic E-state index is 13.3. The van der Waals surface area contributed by atoms with Gasteiger partial charge in [-0.3, -0.25) is 9.36 Å². The number of fused-ring (bicyclic) bond motifs is 1. The van der Waals surface area contributed by atoms with Gasteiger partial charge in [0, 0.05) is 11.6 Å². The Hall–Kier alpha value is -3.19. The predicted molar refractivity (Wildman–Crippen MR) is 106 cm³/mol. The maximum Gasteiger partial charge on any atom is 0.337 e. The molecule has 0 atom stereocenters. The first-order valence-corrected chi connectivity index (χ1v) is 9.09. The predicted octanol–water partition coefficient (Wildman–Crippen LogP) is 3.21. The maximum atomic E-state index is 13.3. The molecule has 0 fully saturated rings. The van der Waals surface area contributed by atoms with Crippen molar-refractivity contribution in [1.82, 2.24) is 18.7 Å². The SMILES string of the molecule is CCn1c(=O)c2c(ncn2Cc2ccccc2Cl)n(-c2ccc(F)cc2)c1=O. The summed E-state index contributed by atoms with van der Waals surface area (Å²) in [6.45, 7) is 2.25. The molecule has 28 heavy (non-hydrogen) atoms. The zero-order chi connectivity index (χ0) is 19.8. The molecule has 0 radical (unpaired) electrons. The Morgan fingerprint density at radius 3 is 2.46 bits per heavy atom. The minimum absolute atomic E-state index is 0.200. The number of benzene rings is 2. The van der Waals surface area contributed by atoms with Gasteiger partial charge in [-0.05, 0) is 42.8 Å². The number of halogens is 2. The van der Waals surface area contributed by atoms with Crippen LogP contribution < -0.4 is 11.2 Å². The fourth-order valence-corrected chi connectivity index (χ4v) is 3.41. The number of rotatable bonds is 4. The van der Waals surface area contributed by atoms with Crippen molar-refractivity contribution in [2.45, 2.75) is 20.0 Å². The van der Waals surface area contributed by atoms with E-state index < -0.39 is 17.1 Å². The molecule has 2 aromatic carbocycles. The van der Waals surface area contributed by atoms with Gasteiger partial charge in [-0.25, -0.2) is 18.7 Å². The molecule has 6 nitrogen and oxygen atoms in total. The van der Waals surface area contributed by atoms with E-state index in [2.05, 4.69) is 4.98 Å². The molecular formula is C20H16ClFN4O2. The van der Waals surface area contributed by atoms with Gasteiger partial charge in [0.1, 0.15) is 5.82 Å². The summed E-state index contributed by atoms with van der Waals surface area (Å²) in [6.07, 6.45) is 1.51. The Morgan fingerprint density at radius 1 is 1.07 bits per heavy atom. The van der Waals surface area contributed by atoms with Crippen LogP contribution in [0.1, 0.15) is 12.5 Å². The highest BCUT2D eigenvalue weighted by Gasteiger charge is 2.19. The van der Waals surface area contributed by atoms with Crippen molar-refractivity contribution in [3.05, 3.63) is 92.1 Å². The molecule has 0 spiro atoms. The summed E-state index contributed by atoms with van der Waals surface area (Å²) >= 11 is 6.25. The highest BCUT2D eigenvalue weighted by atomic mass is 35.5. The summed E-state index contributed by atoms with van der Waals surface area (Å²) in [5, 5.41) is 0.576. The van der Waals surface area contributed by atoms with E-state index in [0.717, 1.165) is 10.1 Å². The fourth-order valence-electron chi connectivity index (χ4n) is 3.21. The Balaban J connectivity index is 2.00. The van der Waals surface area contributed by atoms with E-state index in [-0.39, 0.29) is 17.7 Å². The smallest absolute Gasteiger partial charge is 0.320 e. The van der Waals surface area contributed by atoms with Crippen molar-refractivity contribution in [3.8, 4) is 5.69 Å². The van der Waals surface area contributed by atoms with E-state index in [0.29, 0.717) is 17.3 Å². The minimum Gasteiger partial charge on any atom is -0.320 e. The lowest BCUT2D eigenvalue weighted by Gasteiger charge is -2.12. The number of nitrogens with zero attached hydrogens (tertiary/aromatic N) is 4. The van der Waals surface area contributed by atoms with E-state index in [1.54, 1.807) is 17.6 Å². The Labute approximate surface area is 164 Å². The molecule has 4 aromatic rings. The standard InChI is InChI=1S/C20H16ClFN4O2/c1-2-25-19(27)17-18(26(20(25)28)15-9-7-14(22)8-10-15)23-12-24(17)11-13-5-3-4-6-16(13)21/h3-10,12H,2,11H2,1H3. The first kappa shape index (κ1) is 18.2. The molecule has 0 aliphatic rings. The van der Waals surface area contributed by atoms with E-state index in [4.69, 9.17) is 11.6 Å². The number of hydrogen-bond acceptors (Lipinski definition) is 3. The first-order chi connectivity index (χ1) is 13.5. The van der Waals surface area contributed by atoms with Gasteiger partial charge in [0.15, 0.2) is 11.2 Å². The molecule has 2 aromatic heterocycles. The van der Waals surface area contributed by atoms with Crippen molar-refractivity contribution < 1.29 is 4.39 Å². The largest absolute Gasteiger partial charge is 0.337 e. The second-order valence-electron chi connectivity index (χ2n) is 6.28. The molecule has 0 N–H and O–H groups in total. The van der Waals surface area contributed by atoms with Crippen molar-refractivity contribution in [1.29, 1.82) is 0 Å². The molecule has 4 rings (SSSR count). The van der Waals surface area contributed by atoms with Crippen LogP contribution in [0.4, 0.5) is 4.39 Å². The number of imidazole rings is 1. The number of hydrogen-bond donors (Lipinski definition) is 0. The summed E-state index contributed by atoms with van der Waals surface area (Å²) in [7, 11) is 0. The Bertz CT molecular complexity index is 1290.